The minimum atomic E-state index is -4.14. The lowest BCUT2D eigenvalue weighted by Crippen LogP contribution is -2.39. The van der Waals surface area contributed by atoms with Crippen molar-refractivity contribution in [2.45, 2.75) is 31.3 Å². The fraction of sp³-hybridized carbons (Fsp3) is 0.429. The third-order valence-corrected chi connectivity index (χ3v) is 5.64. The molecule has 7 nitrogen and oxygen atoms in total. The standard InChI is InChI=1S/C14H17BrCl2N2O5S/c1-3-4-18-14(21)8(2)24-12(20)7-19-25(22,23)13-10(16)5-9(15)6-11(13)17/h5-6,8,19H,3-4,7H2,1-2H3,(H,18,21). The maximum Gasteiger partial charge on any atom is 0.321 e. The number of nitrogens with one attached hydrogen (secondary N) is 2. The number of ether oxygens (including phenoxy) is 1. The first-order chi connectivity index (χ1) is 11.6. The van der Waals surface area contributed by atoms with Gasteiger partial charge in [0.25, 0.3) is 5.91 Å². The van der Waals surface area contributed by atoms with Crippen LogP contribution in [0.15, 0.2) is 21.5 Å². The molecule has 0 fully saturated rings. The third-order valence-electron chi connectivity index (χ3n) is 2.86. The first-order valence-corrected chi connectivity index (χ1v) is 10.2. The molecule has 1 aromatic carbocycles. The van der Waals surface area contributed by atoms with E-state index < -0.39 is 34.5 Å². The third kappa shape index (κ3) is 6.74. The number of esters is 1. The van der Waals surface area contributed by atoms with Crippen LogP contribution in [0.25, 0.3) is 0 Å². The monoisotopic (exact) mass is 474 g/mol. The van der Waals surface area contributed by atoms with Crippen LogP contribution >= 0.6 is 39.1 Å². The van der Waals surface area contributed by atoms with Gasteiger partial charge in [0, 0.05) is 11.0 Å². The van der Waals surface area contributed by atoms with Crippen molar-refractivity contribution in [1.29, 1.82) is 0 Å². The van der Waals surface area contributed by atoms with Crippen LogP contribution in [0.1, 0.15) is 20.3 Å². The van der Waals surface area contributed by atoms with E-state index in [4.69, 9.17) is 27.9 Å². The molecule has 0 aliphatic carbocycles. The Morgan fingerprint density at radius 1 is 1.28 bits per heavy atom. The summed E-state index contributed by atoms with van der Waals surface area (Å²) in [6.07, 6.45) is -0.301. The Labute approximate surface area is 164 Å². The average Bonchev–Trinajstić information content (AvgIpc) is 2.49. The summed E-state index contributed by atoms with van der Waals surface area (Å²) in [7, 11) is -4.14. The second-order valence-corrected chi connectivity index (χ2v) is 8.38. The molecule has 1 amide bonds. The molecule has 0 spiro atoms. The number of carbonyl (C=O) groups excluding carboxylic acids is 2. The predicted molar refractivity (Wildman–Crippen MR) is 98.2 cm³/mol. The molecular weight excluding hydrogens is 459 g/mol. The van der Waals surface area contributed by atoms with Crippen LogP contribution in [0, 0.1) is 0 Å². The summed E-state index contributed by atoms with van der Waals surface area (Å²) in [4.78, 5) is 23.0. The molecule has 0 radical (unpaired) electrons. The number of amides is 1. The fourth-order valence-electron chi connectivity index (χ4n) is 1.70. The number of hydrogen-bond acceptors (Lipinski definition) is 5. The van der Waals surface area contributed by atoms with Crippen LogP contribution < -0.4 is 10.0 Å². The van der Waals surface area contributed by atoms with Crippen molar-refractivity contribution in [3.63, 3.8) is 0 Å². The highest BCUT2D eigenvalue weighted by Gasteiger charge is 2.24. The number of hydrogen-bond donors (Lipinski definition) is 2. The number of halogens is 3. The van der Waals surface area contributed by atoms with Crippen molar-refractivity contribution in [3.8, 4) is 0 Å². The van der Waals surface area contributed by atoms with Gasteiger partial charge in [-0.15, -0.1) is 0 Å². The van der Waals surface area contributed by atoms with E-state index in [2.05, 4.69) is 21.2 Å². The molecule has 0 aromatic heterocycles. The second kappa shape index (κ2) is 9.72. The van der Waals surface area contributed by atoms with Crippen LogP contribution in [0.5, 0.6) is 0 Å². The SMILES string of the molecule is CCCNC(=O)C(C)OC(=O)CNS(=O)(=O)c1c(Cl)cc(Br)cc1Cl. The van der Waals surface area contributed by atoms with Crippen molar-refractivity contribution in [3.05, 3.63) is 26.7 Å². The lowest BCUT2D eigenvalue weighted by molar-refractivity contribution is -0.153. The van der Waals surface area contributed by atoms with E-state index in [0.717, 1.165) is 6.42 Å². The molecular formula is C14H17BrCl2N2O5S. The summed E-state index contributed by atoms with van der Waals surface area (Å²) >= 11 is 15.0. The Bertz CT molecular complexity index is 735. The average molecular weight is 476 g/mol. The quantitative estimate of drug-likeness (QED) is 0.562. The molecule has 1 unspecified atom stereocenters. The zero-order valence-electron chi connectivity index (χ0n) is 13.4. The Kier molecular flexibility index (Phi) is 8.62. The molecule has 0 saturated heterocycles. The lowest BCUT2D eigenvalue weighted by Gasteiger charge is -2.14. The van der Waals surface area contributed by atoms with Gasteiger partial charge in [0.1, 0.15) is 11.4 Å². The van der Waals surface area contributed by atoms with E-state index in [-0.39, 0.29) is 14.9 Å². The lowest BCUT2D eigenvalue weighted by atomic mass is 10.3. The zero-order valence-corrected chi connectivity index (χ0v) is 17.4. The highest BCUT2D eigenvalue weighted by Crippen LogP contribution is 2.32. The molecule has 0 aliphatic heterocycles. The van der Waals surface area contributed by atoms with Gasteiger partial charge in [-0.1, -0.05) is 46.1 Å². The van der Waals surface area contributed by atoms with Gasteiger partial charge in [0.15, 0.2) is 6.10 Å². The van der Waals surface area contributed by atoms with E-state index in [1.165, 1.54) is 19.1 Å². The molecule has 25 heavy (non-hydrogen) atoms. The molecule has 140 valence electrons. The topological polar surface area (TPSA) is 102 Å². The van der Waals surface area contributed by atoms with Crippen LogP contribution in [-0.2, 0) is 24.3 Å². The normalized spacial score (nSPS) is 12.5. The summed E-state index contributed by atoms with van der Waals surface area (Å²) in [5, 5.41) is 2.35. The summed E-state index contributed by atoms with van der Waals surface area (Å²) in [5.74, 6) is -1.37. The maximum atomic E-state index is 12.3. The molecule has 0 bridgehead atoms. The van der Waals surface area contributed by atoms with E-state index in [1.54, 1.807) is 0 Å². The minimum absolute atomic E-state index is 0.104. The summed E-state index contributed by atoms with van der Waals surface area (Å²) in [5.41, 5.74) is 0. The van der Waals surface area contributed by atoms with Gasteiger partial charge >= 0.3 is 5.97 Å². The van der Waals surface area contributed by atoms with Crippen LogP contribution in [-0.4, -0.2) is 39.5 Å². The van der Waals surface area contributed by atoms with Gasteiger partial charge in [-0.2, -0.15) is 4.72 Å². The van der Waals surface area contributed by atoms with Crippen molar-refractivity contribution in [2.24, 2.45) is 0 Å². The number of sulfonamides is 1. The molecule has 1 atom stereocenters. The van der Waals surface area contributed by atoms with E-state index in [9.17, 15) is 18.0 Å². The predicted octanol–water partition coefficient (Wildman–Crippen LogP) is 2.49. The van der Waals surface area contributed by atoms with E-state index >= 15 is 0 Å². The molecule has 0 aliphatic rings. The molecule has 1 rings (SSSR count). The van der Waals surface area contributed by atoms with Gasteiger partial charge in [-0.25, -0.2) is 8.42 Å². The first kappa shape index (κ1) is 22.2. The first-order valence-electron chi connectivity index (χ1n) is 7.20. The molecule has 11 heteroatoms. The van der Waals surface area contributed by atoms with Crippen molar-refractivity contribution < 1.29 is 22.7 Å². The zero-order chi connectivity index (χ0) is 19.2. The molecule has 1 aromatic rings. The Morgan fingerprint density at radius 3 is 2.36 bits per heavy atom. The largest absolute Gasteiger partial charge is 0.452 e. The maximum absolute atomic E-state index is 12.3. The Hall–Kier alpha value is -0.870. The summed E-state index contributed by atoms with van der Waals surface area (Å²) < 4.78 is 32.0. The number of benzene rings is 1. The van der Waals surface area contributed by atoms with Crippen LogP contribution in [0.2, 0.25) is 10.0 Å². The van der Waals surface area contributed by atoms with Crippen molar-refractivity contribution in [1.82, 2.24) is 10.0 Å². The highest BCUT2D eigenvalue weighted by atomic mass is 79.9. The van der Waals surface area contributed by atoms with Gasteiger partial charge < -0.3 is 10.1 Å². The van der Waals surface area contributed by atoms with Crippen LogP contribution in [0.4, 0.5) is 0 Å². The number of carbonyl (C=O) groups is 2. The van der Waals surface area contributed by atoms with E-state index in [0.29, 0.717) is 11.0 Å². The van der Waals surface area contributed by atoms with E-state index in [1.807, 2.05) is 11.6 Å². The fourth-order valence-corrected chi connectivity index (χ4v) is 4.60. The van der Waals surface area contributed by atoms with Gasteiger partial charge in [-0.3, -0.25) is 9.59 Å². The summed E-state index contributed by atoms with van der Waals surface area (Å²) in [6, 6.07) is 2.72. The highest BCUT2D eigenvalue weighted by molar-refractivity contribution is 9.10. The van der Waals surface area contributed by atoms with Crippen LogP contribution in [0.3, 0.4) is 0 Å². The Balaban J connectivity index is 2.71. The second-order valence-electron chi connectivity index (χ2n) is 4.95. The van der Waals surface area contributed by atoms with Crippen molar-refractivity contribution >= 4 is 61.0 Å². The van der Waals surface area contributed by atoms with Gasteiger partial charge in [-0.05, 0) is 25.5 Å². The minimum Gasteiger partial charge on any atom is -0.452 e. The summed E-state index contributed by atoms with van der Waals surface area (Å²) in [6.45, 7) is 3.05. The Morgan fingerprint density at radius 2 is 1.84 bits per heavy atom. The molecule has 0 saturated carbocycles. The number of rotatable bonds is 8. The van der Waals surface area contributed by atoms with Crippen molar-refractivity contribution in [2.75, 3.05) is 13.1 Å². The molecule has 0 heterocycles. The smallest absolute Gasteiger partial charge is 0.321 e. The molecule has 2 N–H and O–H groups in total. The van der Waals surface area contributed by atoms with Gasteiger partial charge in [0.05, 0.1) is 10.0 Å². The van der Waals surface area contributed by atoms with Gasteiger partial charge in [0.2, 0.25) is 10.0 Å².